The van der Waals surface area contributed by atoms with Crippen LogP contribution in [0.3, 0.4) is 0 Å². The van der Waals surface area contributed by atoms with Gasteiger partial charge in [0.2, 0.25) is 5.91 Å². The molecule has 1 saturated heterocycles. The minimum Gasteiger partial charge on any atom is -0.376 e. The second kappa shape index (κ2) is 8.50. The third kappa shape index (κ3) is 4.46. The third-order valence-corrected chi connectivity index (χ3v) is 5.36. The zero-order valence-electron chi connectivity index (χ0n) is 14.9. The topological polar surface area (TPSA) is 64.1 Å². The number of carbonyl (C=O) groups is 1. The van der Waals surface area contributed by atoms with Gasteiger partial charge in [0.15, 0.2) is 5.16 Å². The zero-order valence-corrected chi connectivity index (χ0v) is 15.7. The molecule has 0 radical (unpaired) electrons. The lowest BCUT2D eigenvalue weighted by Gasteiger charge is -2.11. The van der Waals surface area contributed by atoms with Crippen LogP contribution in [0.5, 0.6) is 0 Å². The first-order valence-corrected chi connectivity index (χ1v) is 10.1. The molecule has 3 aromatic rings. The molecule has 1 amide bonds. The Bertz CT molecular complexity index is 927. The van der Waals surface area contributed by atoms with Crippen LogP contribution in [0.1, 0.15) is 12.8 Å². The summed E-state index contributed by atoms with van der Waals surface area (Å²) in [5.41, 5.74) is 2.82. The molecule has 2 aromatic carbocycles. The van der Waals surface area contributed by atoms with Gasteiger partial charge in [-0.2, -0.15) is 0 Å². The first kappa shape index (κ1) is 17.9. The lowest BCUT2D eigenvalue weighted by molar-refractivity contribution is -0.119. The number of nitrogens with one attached hydrogen (secondary N) is 1. The molecule has 0 saturated carbocycles. The minimum absolute atomic E-state index is 0.0199. The maximum Gasteiger partial charge on any atom is 0.230 e. The van der Waals surface area contributed by atoms with E-state index >= 15 is 0 Å². The smallest absolute Gasteiger partial charge is 0.230 e. The van der Waals surface area contributed by atoms with Crippen LogP contribution < -0.4 is 5.32 Å². The Labute approximate surface area is 162 Å². The van der Waals surface area contributed by atoms with Gasteiger partial charge in [-0.1, -0.05) is 60.3 Å². The van der Waals surface area contributed by atoms with E-state index in [1.54, 1.807) is 0 Å². The van der Waals surface area contributed by atoms with Gasteiger partial charge in [0.05, 0.1) is 23.1 Å². The van der Waals surface area contributed by atoms with Gasteiger partial charge in [0.1, 0.15) is 0 Å². The number of ether oxygens (including phenoxy) is 1. The average Bonchev–Trinajstić information content (AvgIpc) is 3.24. The van der Waals surface area contributed by atoms with Gasteiger partial charge in [-0.05, 0) is 18.9 Å². The number of hydrogen-bond acceptors (Lipinski definition) is 5. The molecule has 1 N–H and O–H groups in total. The van der Waals surface area contributed by atoms with Gasteiger partial charge >= 0.3 is 0 Å². The lowest BCUT2D eigenvalue weighted by atomic mass is 10.1. The largest absolute Gasteiger partial charge is 0.376 e. The van der Waals surface area contributed by atoms with Crippen LogP contribution in [0.2, 0.25) is 0 Å². The Hall–Kier alpha value is -2.44. The molecule has 0 aliphatic carbocycles. The van der Waals surface area contributed by atoms with E-state index in [0.717, 1.165) is 41.6 Å². The molecular weight excluding hydrogens is 358 g/mol. The van der Waals surface area contributed by atoms with Crippen molar-refractivity contribution in [3.63, 3.8) is 0 Å². The van der Waals surface area contributed by atoms with Crippen molar-refractivity contribution in [2.24, 2.45) is 0 Å². The quantitative estimate of drug-likeness (QED) is 0.523. The summed E-state index contributed by atoms with van der Waals surface area (Å²) in [4.78, 5) is 21.5. The Kier molecular flexibility index (Phi) is 5.65. The molecule has 5 nitrogen and oxygen atoms in total. The van der Waals surface area contributed by atoms with E-state index in [9.17, 15) is 4.79 Å². The van der Waals surface area contributed by atoms with Crippen molar-refractivity contribution < 1.29 is 9.53 Å². The van der Waals surface area contributed by atoms with E-state index in [0.29, 0.717) is 17.5 Å². The van der Waals surface area contributed by atoms with Crippen molar-refractivity contribution in [2.75, 3.05) is 18.9 Å². The van der Waals surface area contributed by atoms with E-state index in [2.05, 4.69) is 10.3 Å². The summed E-state index contributed by atoms with van der Waals surface area (Å²) in [7, 11) is 0. The molecule has 0 bridgehead atoms. The lowest BCUT2D eigenvalue weighted by Crippen LogP contribution is -2.32. The van der Waals surface area contributed by atoms with Gasteiger partial charge in [-0.25, -0.2) is 9.97 Å². The summed E-state index contributed by atoms with van der Waals surface area (Å²) >= 11 is 1.36. The molecule has 1 atom stereocenters. The number of benzene rings is 2. The van der Waals surface area contributed by atoms with E-state index in [4.69, 9.17) is 9.72 Å². The molecular formula is C21H21N3O2S. The number of para-hydroxylation sites is 1. The fraction of sp³-hybridized carbons (Fsp3) is 0.286. The molecule has 1 aliphatic heterocycles. The van der Waals surface area contributed by atoms with Crippen molar-refractivity contribution in [3.05, 3.63) is 54.6 Å². The number of hydrogen-bond donors (Lipinski definition) is 1. The highest BCUT2D eigenvalue weighted by Gasteiger charge is 2.16. The second-order valence-corrected chi connectivity index (χ2v) is 7.41. The highest BCUT2D eigenvalue weighted by Crippen LogP contribution is 2.28. The summed E-state index contributed by atoms with van der Waals surface area (Å²) in [5, 5.41) is 4.56. The summed E-state index contributed by atoms with van der Waals surface area (Å²) < 4.78 is 5.53. The van der Waals surface area contributed by atoms with Crippen LogP contribution in [0, 0.1) is 0 Å². The molecule has 4 rings (SSSR count). The van der Waals surface area contributed by atoms with E-state index in [-0.39, 0.29) is 12.0 Å². The van der Waals surface area contributed by atoms with Crippen LogP contribution in [0.4, 0.5) is 0 Å². The predicted octanol–water partition coefficient (Wildman–Crippen LogP) is 3.68. The number of thioether (sulfide) groups is 1. The van der Waals surface area contributed by atoms with Crippen molar-refractivity contribution in [1.82, 2.24) is 15.3 Å². The van der Waals surface area contributed by atoms with E-state index < -0.39 is 0 Å². The van der Waals surface area contributed by atoms with Crippen molar-refractivity contribution >= 4 is 28.6 Å². The van der Waals surface area contributed by atoms with Gasteiger partial charge in [-0.3, -0.25) is 4.79 Å². The predicted molar refractivity (Wildman–Crippen MR) is 108 cm³/mol. The second-order valence-electron chi connectivity index (χ2n) is 6.47. The first-order valence-electron chi connectivity index (χ1n) is 9.13. The summed E-state index contributed by atoms with van der Waals surface area (Å²) in [5.74, 6) is 0.271. The first-order chi connectivity index (χ1) is 13.3. The highest BCUT2D eigenvalue weighted by atomic mass is 32.2. The molecule has 0 unspecified atom stereocenters. The van der Waals surface area contributed by atoms with Crippen LogP contribution >= 0.6 is 11.8 Å². The number of nitrogens with zero attached hydrogens (tertiary/aromatic N) is 2. The summed E-state index contributed by atoms with van der Waals surface area (Å²) in [6.45, 7) is 1.37. The standard InChI is InChI=1S/C21H21N3O2S/c25-19(22-13-16-9-6-12-26-16)14-27-21-23-18-11-5-4-10-17(18)20(24-21)15-7-2-1-3-8-15/h1-5,7-8,10-11,16H,6,9,12-14H2,(H,22,25)/t16-/m0/s1. The maximum absolute atomic E-state index is 12.1. The highest BCUT2D eigenvalue weighted by molar-refractivity contribution is 7.99. The number of fused-ring (bicyclic) bond motifs is 1. The van der Waals surface area contributed by atoms with Crippen molar-refractivity contribution in [2.45, 2.75) is 24.1 Å². The normalized spacial score (nSPS) is 16.5. The van der Waals surface area contributed by atoms with Crippen molar-refractivity contribution in [3.8, 4) is 11.3 Å². The molecule has 1 fully saturated rings. The fourth-order valence-electron chi connectivity index (χ4n) is 3.15. The Morgan fingerprint density at radius 1 is 1.11 bits per heavy atom. The van der Waals surface area contributed by atoms with E-state index in [1.165, 1.54) is 11.8 Å². The number of aromatic nitrogens is 2. The Balaban J connectivity index is 1.49. The summed E-state index contributed by atoms with van der Waals surface area (Å²) in [6.07, 6.45) is 2.24. The SMILES string of the molecule is O=C(CSc1nc(-c2ccccc2)c2ccccc2n1)NC[C@@H]1CCCO1. The van der Waals surface area contributed by atoms with Gasteiger partial charge < -0.3 is 10.1 Å². The van der Waals surface area contributed by atoms with Crippen LogP contribution in [0.25, 0.3) is 22.2 Å². The Morgan fingerprint density at radius 3 is 2.74 bits per heavy atom. The van der Waals surface area contributed by atoms with Crippen LogP contribution in [-0.4, -0.2) is 40.9 Å². The van der Waals surface area contributed by atoms with Gasteiger partial charge in [0.25, 0.3) is 0 Å². The minimum atomic E-state index is -0.0199. The molecule has 2 heterocycles. The average molecular weight is 379 g/mol. The van der Waals surface area contributed by atoms with Gasteiger partial charge in [-0.15, -0.1) is 0 Å². The number of carbonyl (C=O) groups excluding carboxylic acids is 1. The molecule has 1 aliphatic rings. The molecule has 0 spiro atoms. The number of amides is 1. The maximum atomic E-state index is 12.1. The third-order valence-electron chi connectivity index (χ3n) is 4.51. The molecule has 27 heavy (non-hydrogen) atoms. The zero-order chi connectivity index (χ0) is 18.5. The number of rotatable bonds is 6. The van der Waals surface area contributed by atoms with Crippen LogP contribution in [-0.2, 0) is 9.53 Å². The van der Waals surface area contributed by atoms with Gasteiger partial charge in [0, 0.05) is 24.1 Å². The van der Waals surface area contributed by atoms with Crippen LogP contribution in [0.15, 0.2) is 59.8 Å². The summed E-state index contributed by atoms with van der Waals surface area (Å²) in [6, 6.07) is 18.0. The molecule has 1 aromatic heterocycles. The fourth-order valence-corrected chi connectivity index (χ4v) is 3.83. The van der Waals surface area contributed by atoms with Crippen molar-refractivity contribution in [1.29, 1.82) is 0 Å². The Morgan fingerprint density at radius 2 is 1.93 bits per heavy atom. The van der Waals surface area contributed by atoms with E-state index in [1.807, 2.05) is 54.6 Å². The molecule has 6 heteroatoms. The monoisotopic (exact) mass is 379 g/mol. The molecule has 138 valence electrons.